The number of halogens is 1. The molecule has 164 valence electrons. The van der Waals surface area contributed by atoms with Gasteiger partial charge in [-0.25, -0.2) is 17.2 Å². The van der Waals surface area contributed by atoms with Crippen LogP contribution >= 0.6 is 15.9 Å². The molecule has 3 aromatic rings. The molecule has 31 heavy (non-hydrogen) atoms. The molecule has 4 rings (SSSR count). The highest BCUT2D eigenvalue weighted by molar-refractivity contribution is 9.10. The Labute approximate surface area is 190 Å². The topological polar surface area (TPSA) is 77.4 Å². The summed E-state index contributed by atoms with van der Waals surface area (Å²) in [4.78, 5) is 12.5. The van der Waals surface area contributed by atoms with Gasteiger partial charge in [-0.1, -0.05) is 23.8 Å². The minimum atomic E-state index is -3.76. The highest BCUT2D eigenvalue weighted by Gasteiger charge is 2.30. The molecule has 0 fully saturated rings. The van der Waals surface area contributed by atoms with E-state index in [2.05, 4.69) is 21.2 Å². The number of hydrogen-bond donors (Lipinski definition) is 1. The first kappa shape index (κ1) is 21.9. The summed E-state index contributed by atoms with van der Waals surface area (Å²) in [6.45, 7) is 7.40. The number of carbonyl (C=O) groups excluding carboxylic acids is 1. The van der Waals surface area contributed by atoms with E-state index in [0.717, 1.165) is 34.9 Å². The van der Waals surface area contributed by atoms with Crippen LogP contribution < -0.4 is 5.32 Å². The van der Waals surface area contributed by atoms with Crippen LogP contribution in [0.15, 0.2) is 52.0 Å². The van der Waals surface area contributed by atoms with Gasteiger partial charge >= 0.3 is 6.09 Å². The van der Waals surface area contributed by atoms with Gasteiger partial charge in [-0.05, 0) is 91.9 Å². The molecule has 0 bridgehead atoms. The summed E-state index contributed by atoms with van der Waals surface area (Å²) >= 11 is 3.45. The number of fused-ring (bicyclic) bond motifs is 3. The van der Waals surface area contributed by atoms with Crippen molar-refractivity contribution in [1.82, 2.24) is 9.29 Å². The van der Waals surface area contributed by atoms with Gasteiger partial charge < -0.3 is 10.1 Å². The highest BCUT2D eigenvalue weighted by atomic mass is 79.9. The Kier molecular flexibility index (Phi) is 5.42. The standard InChI is InChI=1S/C23H25BrN2O4S/c1-14-5-7-15(8-6-14)31(28,29)26-20-12-10-17-16(18(20)13-21(26)24)9-11-19(17)25-22(27)30-23(2,3)4/h5-8,10,12-13,19H,9,11H2,1-4H3,(H,25,27)/t19-/m1/s1. The largest absolute Gasteiger partial charge is 0.444 e. The lowest BCUT2D eigenvalue weighted by Crippen LogP contribution is -2.34. The smallest absolute Gasteiger partial charge is 0.408 e. The molecule has 0 aliphatic heterocycles. The summed E-state index contributed by atoms with van der Waals surface area (Å²) in [5.41, 5.74) is 3.09. The number of carbonyl (C=O) groups is 1. The lowest BCUT2D eigenvalue weighted by Gasteiger charge is -2.22. The van der Waals surface area contributed by atoms with Crippen molar-refractivity contribution in [2.24, 2.45) is 0 Å². The number of benzene rings is 2. The second-order valence-electron chi connectivity index (χ2n) is 8.85. The Morgan fingerprint density at radius 3 is 2.48 bits per heavy atom. The van der Waals surface area contributed by atoms with Crippen molar-refractivity contribution >= 4 is 42.9 Å². The van der Waals surface area contributed by atoms with Crippen LogP contribution in [0.2, 0.25) is 0 Å². The molecule has 0 saturated carbocycles. The fraction of sp³-hybridized carbons (Fsp3) is 0.348. The number of hydrogen-bond acceptors (Lipinski definition) is 4. The van der Waals surface area contributed by atoms with Crippen molar-refractivity contribution in [1.29, 1.82) is 0 Å². The van der Waals surface area contributed by atoms with E-state index >= 15 is 0 Å². The summed E-state index contributed by atoms with van der Waals surface area (Å²) in [6.07, 6.45) is 1.03. The highest BCUT2D eigenvalue weighted by Crippen LogP contribution is 2.39. The van der Waals surface area contributed by atoms with Gasteiger partial charge in [0.25, 0.3) is 10.0 Å². The second-order valence-corrected chi connectivity index (χ2v) is 11.5. The number of alkyl carbamates (subject to hydrolysis) is 1. The molecule has 1 atom stereocenters. The predicted molar refractivity (Wildman–Crippen MR) is 124 cm³/mol. The van der Waals surface area contributed by atoms with Gasteiger partial charge in [0.2, 0.25) is 0 Å². The molecule has 1 aliphatic carbocycles. The lowest BCUT2D eigenvalue weighted by atomic mass is 10.0. The van der Waals surface area contributed by atoms with Gasteiger partial charge in [-0.3, -0.25) is 0 Å². The summed E-state index contributed by atoms with van der Waals surface area (Å²) in [5.74, 6) is 0. The van der Waals surface area contributed by atoms with E-state index in [1.54, 1.807) is 30.3 Å². The van der Waals surface area contributed by atoms with Crippen molar-refractivity contribution < 1.29 is 17.9 Å². The third-order valence-corrected chi connectivity index (χ3v) is 7.92. The minimum Gasteiger partial charge on any atom is -0.444 e. The van der Waals surface area contributed by atoms with Crippen molar-refractivity contribution in [3.63, 3.8) is 0 Å². The molecule has 2 aromatic carbocycles. The SMILES string of the molecule is Cc1ccc(S(=O)(=O)n2c(Br)cc3c4c(ccc32)[C@H](NC(=O)OC(C)(C)C)CC4)cc1. The van der Waals surface area contributed by atoms with E-state index in [9.17, 15) is 13.2 Å². The summed E-state index contributed by atoms with van der Waals surface area (Å²) in [5, 5.41) is 3.81. The Morgan fingerprint density at radius 2 is 1.84 bits per heavy atom. The minimum absolute atomic E-state index is 0.162. The maximum absolute atomic E-state index is 13.3. The van der Waals surface area contributed by atoms with Crippen LogP contribution in [0.4, 0.5) is 4.79 Å². The number of nitrogens with one attached hydrogen (secondary N) is 1. The number of nitrogens with zero attached hydrogens (tertiary/aromatic N) is 1. The van der Waals surface area contributed by atoms with Gasteiger partial charge in [0.1, 0.15) is 10.2 Å². The quantitative estimate of drug-likeness (QED) is 0.513. The molecule has 0 unspecified atom stereocenters. The Morgan fingerprint density at radius 1 is 1.16 bits per heavy atom. The number of aryl methyl sites for hydroxylation is 2. The molecule has 0 radical (unpaired) electrons. The summed E-state index contributed by atoms with van der Waals surface area (Å²) in [6, 6.07) is 12.2. The molecule has 1 aliphatic rings. The first-order chi connectivity index (χ1) is 14.5. The molecular weight excluding hydrogens is 480 g/mol. The predicted octanol–water partition coefficient (Wildman–Crippen LogP) is 5.46. The molecule has 1 amide bonds. The Balaban J connectivity index is 1.73. The zero-order chi connectivity index (χ0) is 22.6. The van der Waals surface area contributed by atoms with Crippen molar-refractivity contribution in [3.8, 4) is 0 Å². The van der Waals surface area contributed by atoms with Crippen LogP contribution in [0.1, 0.15) is 49.9 Å². The maximum Gasteiger partial charge on any atom is 0.408 e. The Hall–Kier alpha value is -2.32. The van der Waals surface area contributed by atoms with E-state index in [1.807, 2.05) is 39.8 Å². The average molecular weight is 505 g/mol. The zero-order valence-corrected chi connectivity index (χ0v) is 20.3. The van der Waals surface area contributed by atoms with Crippen LogP contribution in [0, 0.1) is 6.92 Å². The third-order valence-electron chi connectivity index (χ3n) is 5.36. The molecule has 1 aromatic heterocycles. The first-order valence-electron chi connectivity index (χ1n) is 10.1. The number of amides is 1. The number of ether oxygens (including phenoxy) is 1. The van der Waals surface area contributed by atoms with Gasteiger partial charge in [0.05, 0.1) is 16.5 Å². The van der Waals surface area contributed by atoms with E-state index in [0.29, 0.717) is 10.1 Å². The zero-order valence-electron chi connectivity index (χ0n) is 17.9. The van der Waals surface area contributed by atoms with Crippen LogP contribution in [-0.2, 0) is 21.2 Å². The molecule has 1 heterocycles. The third kappa shape index (κ3) is 4.11. The normalized spacial score (nSPS) is 16.4. The van der Waals surface area contributed by atoms with Gasteiger partial charge in [-0.2, -0.15) is 0 Å². The number of rotatable bonds is 3. The maximum atomic E-state index is 13.3. The van der Waals surface area contributed by atoms with Crippen LogP contribution in [0.5, 0.6) is 0 Å². The van der Waals surface area contributed by atoms with Gasteiger partial charge in [0, 0.05) is 5.39 Å². The van der Waals surface area contributed by atoms with Crippen molar-refractivity contribution in [2.75, 3.05) is 0 Å². The lowest BCUT2D eigenvalue weighted by molar-refractivity contribution is 0.0503. The van der Waals surface area contributed by atoms with Crippen LogP contribution in [0.3, 0.4) is 0 Å². The van der Waals surface area contributed by atoms with Crippen molar-refractivity contribution in [3.05, 3.63) is 63.8 Å². The van der Waals surface area contributed by atoms with E-state index < -0.39 is 21.7 Å². The summed E-state index contributed by atoms with van der Waals surface area (Å²) < 4.78 is 33.9. The molecule has 8 heteroatoms. The fourth-order valence-electron chi connectivity index (χ4n) is 4.01. The van der Waals surface area contributed by atoms with E-state index in [-0.39, 0.29) is 10.9 Å². The van der Waals surface area contributed by atoms with E-state index in [4.69, 9.17) is 4.74 Å². The van der Waals surface area contributed by atoms with Gasteiger partial charge in [0.15, 0.2) is 0 Å². The van der Waals surface area contributed by atoms with E-state index in [1.165, 1.54) is 3.97 Å². The number of aromatic nitrogens is 1. The first-order valence-corrected chi connectivity index (χ1v) is 12.4. The van der Waals surface area contributed by atoms with Gasteiger partial charge in [-0.15, -0.1) is 0 Å². The summed E-state index contributed by atoms with van der Waals surface area (Å²) in [7, 11) is -3.76. The van der Waals surface area contributed by atoms with Crippen LogP contribution in [0.25, 0.3) is 10.9 Å². The fourth-order valence-corrected chi connectivity index (χ4v) is 6.39. The molecule has 0 saturated heterocycles. The molecule has 1 N–H and O–H groups in total. The average Bonchev–Trinajstić information content (AvgIpc) is 3.20. The molecule has 6 nitrogen and oxygen atoms in total. The van der Waals surface area contributed by atoms with Crippen molar-refractivity contribution in [2.45, 2.75) is 57.1 Å². The molecule has 0 spiro atoms. The molecular formula is C23H25BrN2O4S. The van der Waals surface area contributed by atoms with Crippen LogP contribution in [-0.4, -0.2) is 24.1 Å². The second kappa shape index (κ2) is 7.67. The monoisotopic (exact) mass is 504 g/mol. The Bertz CT molecular complexity index is 1270.